The molecular weight excluding hydrogens is 201 g/mol. The molecule has 3 unspecified atom stereocenters. The Labute approximate surface area is 95.6 Å². The Morgan fingerprint density at radius 3 is 2.75 bits per heavy atom. The van der Waals surface area contributed by atoms with E-state index >= 15 is 0 Å². The summed E-state index contributed by atoms with van der Waals surface area (Å²) in [5.41, 5.74) is 1.28. The Bertz CT molecular complexity index is 387. The third-order valence-corrected chi connectivity index (χ3v) is 3.81. The minimum atomic E-state index is -0.224. The molecule has 1 aliphatic heterocycles. The molecule has 1 nitrogen and oxygen atoms in total. The quantitative estimate of drug-likeness (QED) is 0.704. The van der Waals surface area contributed by atoms with Crippen molar-refractivity contribution < 1.29 is 4.39 Å². The van der Waals surface area contributed by atoms with Crippen LogP contribution in [0.2, 0.25) is 0 Å². The highest BCUT2D eigenvalue weighted by molar-refractivity contribution is 5.20. The van der Waals surface area contributed by atoms with E-state index in [9.17, 15) is 4.39 Å². The maximum Gasteiger partial charge on any atom is 0.106 e. The lowest BCUT2D eigenvalue weighted by Gasteiger charge is -2.30. The lowest BCUT2D eigenvalue weighted by molar-refractivity contribution is 0.160. The fraction of sp³-hybridized carbons (Fsp3) is 0.429. The average Bonchev–Trinajstić information content (AvgIpc) is 2.91. The Morgan fingerprint density at radius 2 is 2.00 bits per heavy atom. The van der Waals surface area contributed by atoms with Crippen molar-refractivity contribution in [3.63, 3.8) is 0 Å². The summed E-state index contributed by atoms with van der Waals surface area (Å²) in [4.78, 5) is 2.31. The highest BCUT2D eigenvalue weighted by Crippen LogP contribution is 2.38. The first-order valence-corrected chi connectivity index (χ1v) is 5.92. The van der Waals surface area contributed by atoms with E-state index < -0.39 is 0 Å². The topological polar surface area (TPSA) is 3.24 Å². The molecule has 1 aliphatic carbocycles. The number of likely N-dealkylation sites (tertiary alicyclic amines) is 1. The molecule has 1 aromatic rings. The second-order valence-corrected chi connectivity index (χ2v) is 4.73. The van der Waals surface area contributed by atoms with Crippen molar-refractivity contribution in [2.45, 2.75) is 25.0 Å². The zero-order valence-electron chi connectivity index (χ0n) is 9.22. The van der Waals surface area contributed by atoms with Gasteiger partial charge in [0.1, 0.15) is 6.67 Å². The number of rotatable bonds is 3. The highest BCUT2D eigenvalue weighted by Gasteiger charge is 2.42. The van der Waals surface area contributed by atoms with E-state index in [0.29, 0.717) is 12.0 Å². The molecule has 0 N–H and O–H groups in total. The predicted molar refractivity (Wildman–Crippen MR) is 62.8 cm³/mol. The van der Waals surface area contributed by atoms with Gasteiger partial charge in [0.05, 0.1) is 0 Å². The van der Waals surface area contributed by atoms with Crippen molar-refractivity contribution in [3.05, 3.63) is 48.0 Å². The largest absolute Gasteiger partial charge is 0.287 e. The molecule has 1 fully saturated rings. The number of benzene rings is 1. The molecule has 0 spiro atoms. The summed E-state index contributed by atoms with van der Waals surface area (Å²) in [5.74, 6) is 0.443. The monoisotopic (exact) mass is 217 g/mol. The first-order valence-electron chi connectivity index (χ1n) is 5.92. The summed E-state index contributed by atoms with van der Waals surface area (Å²) in [7, 11) is 0. The molecule has 2 aliphatic rings. The van der Waals surface area contributed by atoms with Gasteiger partial charge in [-0.15, -0.1) is 0 Å². The molecule has 3 rings (SSSR count). The average molecular weight is 217 g/mol. The van der Waals surface area contributed by atoms with Crippen molar-refractivity contribution in [1.29, 1.82) is 0 Å². The van der Waals surface area contributed by atoms with E-state index in [2.05, 4.69) is 29.2 Å². The van der Waals surface area contributed by atoms with E-state index in [1.54, 1.807) is 0 Å². The van der Waals surface area contributed by atoms with Crippen LogP contribution in [0.5, 0.6) is 0 Å². The van der Waals surface area contributed by atoms with Crippen LogP contribution in [-0.2, 0) is 6.54 Å². The number of fused-ring (bicyclic) bond motifs is 2. The fourth-order valence-corrected chi connectivity index (χ4v) is 2.96. The summed E-state index contributed by atoms with van der Waals surface area (Å²) in [6, 6.07) is 10.9. The molecule has 1 aromatic carbocycles. The number of nitrogens with zero attached hydrogens (tertiary/aromatic N) is 1. The van der Waals surface area contributed by atoms with E-state index in [1.165, 1.54) is 5.56 Å². The second kappa shape index (κ2) is 4.02. The number of hydrogen-bond acceptors (Lipinski definition) is 1. The van der Waals surface area contributed by atoms with Crippen LogP contribution in [0.1, 0.15) is 12.0 Å². The molecule has 0 saturated carbocycles. The van der Waals surface area contributed by atoms with Crippen LogP contribution in [0, 0.1) is 5.92 Å². The lowest BCUT2D eigenvalue weighted by Crippen LogP contribution is -2.39. The molecule has 2 heteroatoms. The maximum absolute atomic E-state index is 13.0. The van der Waals surface area contributed by atoms with Gasteiger partial charge >= 0.3 is 0 Å². The zero-order chi connectivity index (χ0) is 11.0. The molecule has 0 aromatic heterocycles. The highest BCUT2D eigenvalue weighted by atomic mass is 19.1. The van der Waals surface area contributed by atoms with Gasteiger partial charge in [-0.1, -0.05) is 42.5 Å². The SMILES string of the molecule is FCC1C2C=CC(C2)N1Cc1ccccc1. The van der Waals surface area contributed by atoms with Crippen molar-refractivity contribution in [2.75, 3.05) is 6.67 Å². The van der Waals surface area contributed by atoms with Crippen LogP contribution in [0.15, 0.2) is 42.5 Å². The Balaban J connectivity index is 1.78. The first-order chi connectivity index (χ1) is 7.88. The molecule has 3 atom stereocenters. The molecule has 2 bridgehead atoms. The molecule has 16 heavy (non-hydrogen) atoms. The third kappa shape index (κ3) is 1.57. The number of hydrogen-bond donors (Lipinski definition) is 0. The molecule has 0 radical (unpaired) electrons. The summed E-state index contributed by atoms with van der Waals surface area (Å²) >= 11 is 0. The van der Waals surface area contributed by atoms with E-state index in [-0.39, 0.29) is 12.7 Å². The van der Waals surface area contributed by atoms with E-state index in [1.807, 2.05) is 18.2 Å². The van der Waals surface area contributed by atoms with Crippen LogP contribution < -0.4 is 0 Å². The minimum Gasteiger partial charge on any atom is -0.287 e. The zero-order valence-corrected chi connectivity index (χ0v) is 9.22. The van der Waals surface area contributed by atoms with Crippen LogP contribution in [0.3, 0.4) is 0 Å². The molecule has 1 heterocycles. The standard InChI is InChI=1S/C14H16FN/c15-9-14-12-6-7-13(8-12)16(14)10-11-4-2-1-3-5-11/h1-7,12-14H,8-10H2. The smallest absolute Gasteiger partial charge is 0.106 e. The predicted octanol–water partition coefficient (Wildman–Crippen LogP) is 2.79. The normalized spacial score (nSPS) is 32.4. The van der Waals surface area contributed by atoms with Crippen LogP contribution in [0.4, 0.5) is 4.39 Å². The summed E-state index contributed by atoms with van der Waals surface area (Å²) in [6.07, 6.45) is 5.54. The van der Waals surface area contributed by atoms with Gasteiger partial charge in [-0.05, 0) is 17.9 Å². The van der Waals surface area contributed by atoms with Gasteiger partial charge in [0.25, 0.3) is 0 Å². The van der Waals surface area contributed by atoms with Gasteiger partial charge in [0, 0.05) is 18.6 Å². The van der Waals surface area contributed by atoms with Crippen molar-refractivity contribution in [3.8, 4) is 0 Å². The van der Waals surface area contributed by atoms with Gasteiger partial charge in [-0.25, -0.2) is 4.39 Å². The Morgan fingerprint density at radius 1 is 1.19 bits per heavy atom. The summed E-state index contributed by atoms with van der Waals surface area (Å²) in [6.45, 7) is 0.652. The number of alkyl halides is 1. The van der Waals surface area contributed by atoms with Gasteiger partial charge in [-0.2, -0.15) is 0 Å². The lowest BCUT2D eigenvalue weighted by atomic mass is 10.0. The van der Waals surface area contributed by atoms with Crippen LogP contribution in [-0.4, -0.2) is 23.7 Å². The Kier molecular flexibility index (Phi) is 2.52. The molecule has 1 saturated heterocycles. The molecule has 0 amide bonds. The van der Waals surface area contributed by atoms with E-state index in [4.69, 9.17) is 0 Å². The Hall–Kier alpha value is -1.15. The van der Waals surface area contributed by atoms with E-state index in [0.717, 1.165) is 13.0 Å². The fourth-order valence-electron chi connectivity index (χ4n) is 2.96. The summed E-state index contributed by atoms with van der Waals surface area (Å²) in [5, 5.41) is 0. The van der Waals surface area contributed by atoms with Gasteiger partial charge in [0.2, 0.25) is 0 Å². The second-order valence-electron chi connectivity index (χ2n) is 4.73. The summed E-state index contributed by atoms with van der Waals surface area (Å²) < 4.78 is 13.0. The van der Waals surface area contributed by atoms with Gasteiger partial charge in [0.15, 0.2) is 0 Å². The van der Waals surface area contributed by atoms with Gasteiger partial charge in [-0.3, -0.25) is 4.90 Å². The molecule has 84 valence electrons. The van der Waals surface area contributed by atoms with Crippen LogP contribution in [0.25, 0.3) is 0 Å². The molecular formula is C14H16FN. The maximum atomic E-state index is 13.0. The number of halogens is 1. The van der Waals surface area contributed by atoms with Crippen LogP contribution >= 0.6 is 0 Å². The van der Waals surface area contributed by atoms with Crippen molar-refractivity contribution in [1.82, 2.24) is 4.90 Å². The van der Waals surface area contributed by atoms with Crippen molar-refractivity contribution >= 4 is 0 Å². The van der Waals surface area contributed by atoms with Crippen molar-refractivity contribution in [2.24, 2.45) is 5.92 Å². The minimum absolute atomic E-state index is 0.107. The first kappa shape index (κ1) is 10.0. The van der Waals surface area contributed by atoms with Gasteiger partial charge < -0.3 is 0 Å². The third-order valence-electron chi connectivity index (χ3n) is 3.81.